The number of para-hydroxylation sites is 1. The molecule has 0 aromatic heterocycles. The lowest BCUT2D eigenvalue weighted by atomic mass is 10.1. The molecule has 2 atom stereocenters. The maximum atomic E-state index is 13.1. The molecule has 0 spiro atoms. The average molecular weight is 350 g/mol. The molecule has 24 heavy (non-hydrogen) atoms. The zero-order valence-corrected chi connectivity index (χ0v) is 14.8. The predicted molar refractivity (Wildman–Crippen MR) is 93.7 cm³/mol. The molecule has 1 amide bonds. The van der Waals surface area contributed by atoms with Crippen molar-refractivity contribution in [2.24, 2.45) is 0 Å². The van der Waals surface area contributed by atoms with Crippen molar-refractivity contribution in [2.45, 2.75) is 32.9 Å². The molecule has 2 rings (SSSR count). The molecule has 2 aromatic carbocycles. The summed E-state index contributed by atoms with van der Waals surface area (Å²) in [6.45, 7) is 6.04. The van der Waals surface area contributed by atoms with Crippen LogP contribution in [0.5, 0.6) is 5.75 Å². The molecule has 0 bridgehead atoms. The Morgan fingerprint density at radius 2 is 1.79 bits per heavy atom. The lowest BCUT2D eigenvalue weighted by Crippen LogP contribution is -2.41. The van der Waals surface area contributed by atoms with Gasteiger partial charge in [-0.3, -0.25) is 4.79 Å². The maximum Gasteiger partial charge on any atom is 0.263 e. The van der Waals surface area contributed by atoms with Crippen molar-refractivity contribution in [3.05, 3.63) is 64.9 Å². The van der Waals surface area contributed by atoms with Crippen molar-refractivity contribution in [2.75, 3.05) is 6.54 Å². The van der Waals surface area contributed by atoms with Gasteiger partial charge in [-0.1, -0.05) is 35.9 Å². The number of halogens is 2. The van der Waals surface area contributed by atoms with E-state index in [9.17, 15) is 9.18 Å². The fourth-order valence-corrected chi connectivity index (χ4v) is 2.74. The van der Waals surface area contributed by atoms with Gasteiger partial charge in [0.05, 0.1) is 11.1 Å². The highest BCUT2D eigenvalue weighted by Gasteiger charge is 2.26. The number of hydrogen-bond acceptors (Lipinski definition) is 2. The minimum atomic E-state index is -0.673. The van der Waals surface area contributed by atoms with Crippen LogP contribution < -0.4 is 4.74 Å². The number of carbonyl (C=O) groups is 1. The monoisotopic (exact) mass is 349 g/mol. The van der Waals surface area contributed by atoms with Crippen molar-refractivity contribution in [3.8, 4) is 5.75 Å². The topological polar surface area (TPSA) is 29.5 Å². The summed E-state index contributed by atoms with van der Waals surface area (Å²) in [5.41, 5.74) is 0.872. The minimum absolute atomic E-state index is 0.144. The molecular weight excluding hydrogens is 329 g/mol. The quantitative estimate of drug-likeness (QED) is 0.745. The number of amides is 1. The molecule has 0 heterocycles. The van der Waals surface area contributed by atoms with Gasteiger partial charge in [0, 0.05) is 6.54 Å². The normalized spacial score (nSPS) is 13.2. The van der Waals surface area contributed by atoms with Crippen LogP contribution in [0, 0.1) is 5.82 Å². The summed E-state index contributed by atoms with van der Waals surface area (Å²) in [5, 5.41) is 0.465. The van der Waals surface area contributed by atoms with Crippen molar-refractivity contribution in [1.82, 2.24) is 4.90 Å². The van der Waals surface area contributed by atoms with Gasteiger partial charge in [-0.05, 0) is 50.6 Å². The Morgan fingerprint density at radius 1 is 1.17 bits per heavy atom. The van der Waals surface area contributed by atoms with Gasteiger partial charge in [-0.25, -0.2) is 4.39 Å². The largest absolute Gasteiger partial charge is 0.479 e. The molecule has 0 aliphatic carbocycles. The van der Waals surface area contributed by atoms with Gasteiger partial charge >= 0.3 is 0 Å². The number of benzene rings is 2. The van der Waals surface area contributed by atoms with E-state index in [0.29, 0.717) is 17.3 Å². The Kier molecular flexibility index (Phi) is 6.21. The number of rotatable bonds is 6. The van der Waals surface area contributed by atoms with Crippen LogP contribution in [0.1, 0.15) is 32.4 Å². The molecule has 2 aromatic rings. The molecule has 2 unspecified atom stereocenters. The highest BCUT2D eigenvalue weighted by Crippen LogP contribution is 2.26. The first-order valence-corrected chi connectivity index (χ1v) is 8.29. The number of nitrogens with zero attached hydrogens (tertiary/aromatic N) is 1. The Bertz CT molecular complexity index is 690. The second-order valence-electron chi connectivity index (χ2n) is 5.54. The van der Waals surface area contributed by atoms with Crippen LogP contribution in [-0.4, -0.2) is 23.5 Å². The third kappa shape index (κ3) is 4.26. The molecule has 128 valence electrons. The number of hydrogen-bond donors (Lipinski definition) is 0. The highest BCUT2D eigenvalue weighted by atomic mass is 35.5. The van der Waals surface area contributed by atoms with E-state index in [2.05, 4.69) is 0 Å². The Hall–Kier alpha value is -2.07. The van der Waals surface area contributed by atoms with Gasteiger partial charge in [0.1, 0.15) is 11.6 Å². The van der Waals surface area contributed by atoms with Gasteiger partial charge < -0.3 is 9.64 Å². The Balaban J connectivity index is 2.12. The van der Waals surface area contributed by atoms with Gasteiger partial charge in [-0.15, -0.1) is 0 Å². The highest BCUT2D eigenvalue weighted by molar-refractivity contribution is 6.32. The third-order valence-electron chi connectivity index (χ3n) is 3.93. The summed E-state index contributed by atoms with van der Waals surface area (Å²) in [7, 11) is 0. The molecule has 0 radical (unpaired) electrons. The second kappa shape index (κ2) is 8.15. The molecule has 0 fully saturated rings. The fraction of sp³-hybridized carbons (Fsp3) is 0.316. The number of likely N-dealkylation sites (N-methyl/N-ethyl adjacent to an activating group) is 1. The molecule has 0 saturated heterocycles. The summed E-state index contributed by atoms with van der Waals surface area (Å²) in [4.78, 5) is 14.5. The summed E-state index contributed by atoms with van der Waals surface area (Å²) < 4.78 is 18.8. The van der Waals surface area contributed by atoms with Crippen molar-refractivity contribution < 1.29 is 13.9 Å². The van der Waals surface area contributed by atoms with E-state index in [1.807, 2.05) is 13.8 Å². The van der Waals surface area contributed by atoms with E-state index in [1.165, 1.54) is 12.1 Å². The van der Waals surface area contributed by atoms with Crippen LogP contribution in [0.2, 0.25) is 5.02 Å². The summed E-state index contributed by atoms with van der Waals surface area (Å²) in [6.07, 6.45) is -0.673. The van der Waals surface area contributed by atoms with Gasteiger partial charge in [0.15, 0.2) is 6.10 Å². The van der Waals surface area contributed by atoms with Gasteiger partial charge in [0.25, 0.3) is 5.91 Å². The lowest BCUT2D eigenvalue weighted by molar-refractivity contribution is -0.140. The first-order chi connectivity index (χ1) is 11.4. The van der Waals surface area contributed by atoms with Crippen LogP contribution >= 0.6 is 11.6 Å². The maximum absolute atomic E-state index is 13.1. The number of carbonyl (C=O) groups excluding carboxylic acids is 1. The predicted octanol–water partition coefficient (Wildman–Crippen LogP) is 4.86. The van der Waals surface area contributed by atoms with Crippen LogP contribution in [0.3, 0.4) is 0 Å². The van der Waals surface area contributed by atoms with Crippen LogP contribution in [0.4, 0.5) is 4.39 Å². The summed E-state index contributed by atoms with van der Waals surface area (Å²) >= 11 is 6.07. The zero-order chi connectivity index (χ0) is 17.7. The molecule has 0 aliphatic heterocycles. The summed E-state index contributed by atoms with van der Waals surface area (Å²) in [5.74, 6) is 0.0375. The Morgan fingerprint density at radius 3 is 2.38 bits per heavy atom. The molecular formula is C19H21ClFNO2. The van der Waals surface area contributed by atoms with E-state index < -0.39 is 6.10 Å². The fourth-order valence-electron chi connectivity index (χ4n) is 2.56. The lowest BCUT2D eigenvalue weighted by Gasteiger charge is -2.31. The van der Waals surface area contributed by atoms with Crippen molar-refractivity contribution >= 4 is 17.5 Å². The first-order valence-electron chi connectivity index (χ1n) is 7.91. The van der Waals surface area contributed by atoms with E-state index in [4.69, 9.17) is 16.3 Å². The van der Waals surface area contributed by atoms with Gasteiger partial charge in [-0.2, -0.15) is 0 Å². The molecule has 0 aliphatic rings. The molecule has 0 saturated carbocycles. The van der Waals surface area contributed by atoms with E-state index >= 15 is 0 Å². The summed E-state index contributed by atoms with van der Waals surface area (Å²) in [6, 6.07) is 13.0. The molecule has 5 heteroatoms. The van der Waals surface area contributed by atoms with E-state index in [-0.39, 0.29) is 17.8 Å². The smallest absolute Gasteiger partial charge is 0.263 e. The van der Waals surface area contributed by atoms with Crippen LogP contribution in [0.25, 0.3) is 0 Å². The molecule has 0 N–H and O–H groups in total. The minimum Gasteiger partial charge on any atom is -0.479 e. The average Bonchev–Trinajstić information content (AvgIpc) is 2.58. The van der Waals surface area contributed by atoms with Gasteiger partial charge in [0.2, 0.25) is 0 Å². The second-order valence-corrected chi connectivity index (χ2v) is 5.95. The van der Waals surface area contributed by atoms with Crippen molar-refractivity contribution in [3.63, 3.8) is 0 Å². The Labute approximate surface area is 147 Å². The third-order valence-corrected chi connectivity index (χ3v) is 4.24. The van der Waals surface area contributed by atoms with Crippen molar-refractivity contribution in [1.29, 1.82) is 0 Å². The van der Waals surface area contributed by atoms with E-state index in [1.54, 1.807) is 48.2 Å². The standard InChI is InChI=1S/C19H21ClFNO2/c1-4-22(13(2)15-9-11-16(21)12-10-15)19(23)14(3)24-18-8-6-5-7-17(18)20/h5-14H,4H2,1-3H3. The SMILES string of the molecule is CCN(C(=O)C(C)Oc1ccccc1Cl)C(C)c1ccc(F)cc1. The zero-order valence-electron chi connectivity index (χ0n) is 14.0. The van der Waals surface area contributed by atoms with E-state index in [0.717, 1.165) is 5.56 Å². The van der Waals surface area contributed by atoms with Crippen LogP contribution in [-0.2, 0) is 4.79 Å². The van der Waals surface area contributed by atoms with Crippen LogP contribution in [0.15, 0.2) is 48.5 Å². The first kappa shape index (κ1) is 18.3. The number of ether oxygens (including phenoxy) is 1. The molecule has 3 nitrogen and oxygen atoms in total.